The van der Waals surface area contributed by atoms with Crippen LogP contribution < -0.4 is 0 Å². The van der Waals surface area contributed by atoms with Crippen LogP contribution in [0.5, 0.6) is 0 Å². The Labute approximate surface area is 136 Å². The first-order chi connectivity index (χ1) is 10.1. The Morgan fingerprint density at radius 2 is 1.71 bits per heavy atom. The summed E-state index contributed by atoms with van der Waals surface area (Å²) in [4.78, 5) is 1.50. The van der Waals surface area contributed by atoms with Gasteiger partial charge in [-0.25, -0.2) is 0 Å². The third kappa shape index (κ3) is 3.18. The second kappa shape index (κ2) is 6.02. The predicted octanol–water partition coefficient (Wildman–Crippen LogP) is 4.35. The zero-order valence-corrected chi connectivity index (χ0v) is 12.9. The zero-order valence-electron chi connectivity index (χ0n) is 10.7. The van der Waals surface area contributed by atoms with Gasteiger partial charge >= 0.3 is 0 Å². The van der Waals surface area contributed by atoms with Crippen LogP contribution >= 0.6 is 34.8 Å². The standard InChI is InChI=1S/C14H9Cl3N4/c15-10-6-4-9(5-7-10)8-21-19-14(18-20-21)11-2-1-3-12(16)13(11)17/h1-7H,8H2. The number of halogens is 3. The van der Waals surface area contributed by atoms with E-state index in [0.717, 1.165) is 5.56 Å². The summed E-state index contributed by atoms with van der Waals surface area (Å²) in [6, 6.07) is 12.8. The van der Waals surface area contributed by atoms with Crippen LogP contribution in [0.4, 0.5) is 0 Å². The molecular weight excluding hydrogens is 331 g/mol. The van der Waals surface area contributed by atoms with Gasteiger partial charge in [0.05, 0.1) is 16.6 Å². The molecule has 3 rings (SSSR count). The number of hydrogen-bond donors (Lipinski definition) is 0. The van der Waals surface area contributed by atoms with Gasteiger partial charge in [0, 0.05) is 10.6 Å². The molecule has 4 nitrogen and oxygen atoms in total. The summed E-state index contributed by atoms with van der Waals surface area (Å²) in [6.07, 6.45) is 0. The molecule has 0 saturated heterocycles. The van der Waals surface area contributed by atoms with E-state index >= 15 is 0 Å². The lowest BCUT2D eigenvalue weighted by Gasteiger charge is -2.01. The molecule has 0 aliphatic heterocycles. The molecule has 3 aromatic rings. The topological polar surface area (TPSA) is 43.6 Å². The number of aromatic nitrogens is 4. The van der Waals surface area contributed by atoms with E-state index in [9.17, 15) is 0 Å². The van der Waals surface area contributed by atoms with Crippen molar-refractivity contribution >= 4 is 34.8 Å². The molecule has 0 amide bonds. The van der Waals surface area contributed by atoms with E-state index in [1.807, 2.05) is 24.3 Å². The summed E-state index contributed by atoms with van der Waals surface area (Å²) < 4.78 is 0. The van der Waals surface area contributed by atoms with Gasteiger partial charge in [-0.05, 0) is 35.0 Å². The van der Waals surface area contributed by atoms with Gasteiger partial charge in [-0.1, -0.05) is 53.0 Å². The Bertz CT molecular complexity index is 768. The average molecular weight is 340 g/mol. The van der Waals surface area contributed by atoms with Gasteiger partial charge in [0.2, 0.25) is 5.82 Å². The highest BCUT2D eigenvalue weighted by Crippen LogP contribution is 2.31. The van der Waals surface area contributed by atoms with Gasteiger partial charge in [0.25, 0.3) is 0 Å². The SMILES string of the molecule is Clc1ccc(Cn2nnc(-c3cccc(Cl)c3Cl)n2)cc1. The number of hydrogen-bond acceptors (Lipinski definition) is 3. The summed E-state index contributed by atoms with van der Waals surface area (Å²) in [7, 11) is 0. The normalized spacial score (nSPS) is 10.8. The Morgan fingerprint density at radius 1 is 0.952 bits per heavy atom. The van der Waals surface area contributed by atoms with E-state index in [4.69, 9.17) is 34.8 Å². The van der Waals surface area contributed by atoms with Gasteiger partial charge < -0.3 is 0 Å². The molecule has 0 saturated carbocycles. The molecule has 0 atom stereocenters. The molecule has 21 heavy (non-hydrogen) atoms. The molecule has 0 unspecified atom stereocenters. The molecule has 0 aliphatic rings. The summed E-state index contributed by atoms with van der Waals surface area (Å²) in [5.74, 6) is 0.441. The van der Waals surface area contributed by atoms with Crippen molar-refractivity contribution in [1.82, 2.24) is 20.2 Å². The molecule has 0 bridgehead atoms. The lowest BCUT2D eigenvalue weighted by molar-refractivity contribution is 0.573. The first kappa shape index (κ1) is 14.3. The van der Waals surface area contributed by atoms with Gasteiger partial charge in [0.1, 0.15) is 0 Å². The van der Waals surface area contributed by atoms with Crippen LogP contribution in [0.1, 0.15) is 5.56 Å². The number of tetrazole rings is 1. The van der Waals surface area contributed by atoms with Crippen LogP contribution in [-0.2, 0) is 6.54 Å². The van der Waals surface area contributed by atoms with Gasteiger partial charge in [-0.2, -0.15) is 4.80 Å². The quantitative estimate of drug-likeness (QED) is 0.712. The fourth-order valence-corrected chi connectivity index (χ4v) is 2.36. The third-order valence-electron chi connectivity index (χ3n) is 2.88. The number of nitrogens with zero attached hydrogens (tertiary/aromatic N) is 4. The van der Waals surface area contributed by atoms with Crippen molar-refractivity contribution in [3.05, 3.63) is 63.1 Å². The second-order valence-electron chi connectivity index (χ2n) is 4.37. The molecule has 0 fully saturated rings. The minimum Gasteiger partial charge on any atom is -0.159 e. The van der Waals surface area contributed by atoms with Crippen molar-refractivity contribution in [3.8, 4) is 11.4 Å². The van der Waals surface area contributed by atoms with Crippen LogP contribution in [-0.4, -0.2) is 20.2 Å². The van der Waals surface area contributed by atoms with Gasteiger partial charge in [-0.3, -0.25) is 0 Å². The highest BCUT2D eigenvalue weighted by Gasteiger charge is 2.12. The lowest BCUT2D eigenvalue weighted by Crippen LogP contribution is -2.03. The van der Waals surface area contributed by atoms with E-state index in [1.165, 1.54) is 4.80 Å². The highest BCUT2D eigenvalue weighted by molar-refractivity contribution is 6.43. The number of benzene rings is 2. The van der Waals surface area contributed by atoms with Crippen LogP contribution in [0.3, 0.4) is 0 Å². The molecule has 0 radical (unpaired) electrons. The minimum atomic E-state index is 0.421. The van der Waals surface area contributed by atoms with Crippen LogP contribution in [0.15, 0.2) is 42.5 Å². The maximum Gasteiger partial charge on any atom is 0.206 e. The van der Waals surface area contributed by atoms with Crippen molar-refractivity contribution in [3.63, 3.8) is 0 Å². The Hall–Kier alpha value is -1.62. The molecule has 1 aromatic heterocycles. The highest BCUT2D eigenvalue weighted by atomic mass is 35.5. The van der Waals surface area contributed by atoms with E-state index in [-0.39, 0.29) is 0 Å². The summed E-state index contributed by atoms with van der Waals surface area (Å²) in [6.45, 7) is 0.502. The number of rotatable bonds is 3. The van der Waals surface area contributed by atoms with E-state index in [1.54, 1.807) is 18.2 Å². The third-order valence-corrected chi connectivity index (χ3v) is 3.95. The van der Waals surface area contributed by atoms with E-state index < -0.39 is 0 Å². The molecule has 0 spiro atoms. The Kier molecular flexibility index (Phi) is 4.10. The van der Waals surface area contributed by atoms with Crippen LogP contribution in [0.2, 0.25) is 15.1 Å². The molecule has 7 heteroatoms. The summed E-state index contributed by atoms with van der Waals surface area (Å²) >= 11 is 18.0. The van der Waals surface area contributed by atoms with Crippen LogP contribution in [0, 0.1) is 0 Å². The largest absolute Gasteiger partial charge is 0.206 e. The zero-order chi connectivity index (χ0) is 14.8. The van der Waals surface area contributed by atoms with E-state index in [0.29, 0.717) is 33.0 Å². The van der Waals surface area contributed by atoms with Gasteiger partial charge in [-0.15, -0.1) is 10.2 Å². The second-order valence-corrected chi connectivity index (χ2v) is 5.59. The minimum absolute atomic E-state index is 0.421. The average Bonchev–Trinajstić information content (AvgIpc) is 2.93. The molecular formula is C14H9Cl3N4. The summed E-state index contributed by atoms with van der Waals surface area (Å²) in [5, 5.41) is 13.9. The predicted molar refractivity (Wildman–Crippen MR) is 83.8 cm³/mol. The van der Waals surface area contributed by atoms with Crippen molar-refractivity contribution in [1.29, 1.82) is 0 Å². The summed E-state index contributed by atoms with van der Waals surface area (Å²) in [5.41, 5.74) is 1.69. The van der Waals surface area contributed by atoms with Crippen molar-refractivity contribution in [2.75, 3.05) is 0 Å². The van der Waals surface area contributed by atoms with Crippen LogP contribution in [0.25, 0.3) is 11.4 Å². The Morgan fingerprint density at radius 3 is 2.48 bits per heavy atom. The first-order valence-electron chi connectivity index (χ1n) is 6.10. The first-order valence-corrected chi connectivity index (χ1v) is 7.23. The molecule has 0 N–H and O–H groups in total. The van der Waals surface area contributed by atoms with Crippen molar-refractivity contribution in [2.45, 2.75) is 6.54 Å². The van der Waals surface area contributed by atoms with Crippen molar-refractivity contribution in [2.24, 2.45) is 0 Å². The smallest absolute Gasteiger partial charge is 0.159 e. The molecule has 2 aromatic carbocycles. The van der Waals surface area contributed by atoms with E-state index in [2.05, 4.69) is 15.4 Å². The molecule has 1 heterocycles. The fraction of sp³-hybridized carbons (Fsp3) is 0.0714. The van der Waals surface area contributed by atoms with Crippen molar-refractivity contribution < 1.29 is 0 Å². The van der Waals surface area contributed by atoms with Gasteiger partial charge in [0.15, 0.2) is 0 Å². The lowest BCUT2D eigenvalue weighted by atomic mass is 10.2. The Balaban J connectivity index is 1.86. The maximum absolute atomic E-state index is 6.15. The monoisotopic (exact) mass is 338 g/mol. The molecule has 106 valence electrons. The maximum atomic E-state index is 6.15. The fourth-order valence-electron chi connectivity index (χ4n) is 1.85. The molecule has 0 aliphatic carbocycles.